The van der Waals surface area contributed by atoms with Crippen LogP contribution in [0.4, 0.5) is 0 Å². The molecular weight excluding hydrogens is 246 g/mol. The Balaban J connectivity index is 1.89. The summed E-state index contributed by atoms with van der Waals surface area (Å²) in [5.74, 6) is 0.713. The third kappa shape index (κ3) is 1.95. The molecule has 1 saturated carbocycles. The van der Waals surface area contributed by atoms with Crippen LogP contribution in [0, 0.1) is 11.8 Å². The molecule has 1 aromatic heterocycles. The molecule has 1 N–H and O–H groups in total. The van der Waals surface area contributed by atoms with Gasteiger partial charge in [0.2, 0.25) is 10.7 Å². The van der Waals surface area contributed by atoms with Gasteiger partial charge in [0.05, 0.1) is 10.2 Å². The Morgan fingerprint density at radius 3 is 2.89 bits per heavy atom. The van der Waals surface area contributed by atoms with Gasteiger partial charge in [0.15, 0.2) is 0 Å². The number of hydrogen-bond acceptors (Lipinski definition) is 3. The lowest BCUT2D eigenvalue weighted by Crippen LogP contribution is -2.24. The number of carbonyl (C=O) groups excluding carboxylic acids is 1. The van der Waals surface area contributed by atoms with Crippen molar-refractivity contribution in [2.45, 2.75) is 13.3 Å². The van der Waals surface area contributed by atoms with E-state index in [1.165, 1.54) is 4.70 Å². The molecule has 0 saturated heterocycles. The van der Waals surface area contributed by atoms with E-state index < -0.39 is 0 Å². The molecule has 0 aliphatic heterocycles. The molecule has 1 aromatic carbocycles. The smallest absolute Gasteiger partial charge is 0.243 e. The van der Waals surface area contributed by atoms with Crippen LogP contribution in [-0.2, 0) is 11.8 Å². The number of amides is 1. The van der Waals surface area contributed by atoms with Crippen molar-refractivity contribution in [3.8, 4) is 0 Å². The van der Waals surface area contributed by atoms with Gasteiger partial charge in [0.1, 0.15) is 0 Å². The van der Waals surface area contributed by atoms with Gasteiger partial charge in [-0.05, 0) is 24.5 Å². The summed E-state index contributed by atoms with van der Waals surface area (Å²) in [6, 6.07) is 8.12. The number of aryl methyl sites for hydroxylation is 1. The zero-order valence-corrected chi connectivity index (χ0v) is 11.2. The number of thiazole rings is 1. The van der Waals surface area contributed by atoms with E-state index in [9.17, 15) is 4.79 Å². The van der Waals surface area contributed by atoms with E-state index in [0.717, 1.165) is 16.7 Å². The zero-order chi connectivity index (χ0) is 12.7. The SMILES string of the molecule is C[C@@H]1C[C@H]1C(=O)N/N=c1\sc2ccccc2n1C. The average Bonchev–Trinajstić information content (AvgIpc) is 3.02. The first-order valence-electron chi connectivity index (χ1n) is 6.05. The summed E-state index contributed by atoms with van der Waals surface area (Å²) in [7, 11) is 1.96. The van der Waals surface area contributed by atoms with Crippen molar-refractivity contribution < 1.29 is 4.79 Å². The van der Waals surface area contributed by atoms with Crippen molar-refractivity contribution in [2.75, 3.05) is 0 Å². The molecule has 1 aliphatic rings. The summed E-state index contributed by atoms with van der Waals surface area (Å²) in [4.78, 5) is 12.5. The van der Waals surface area contributed by atoms with Crippen LogP contribution in [0.25, 0.3) is 10.2 Å². The van der Waals surface area contributed by atoms with Gasteiger partial charge >= 0.3 is 0 Å². The largest absolute Gasteiger partial charge is 0.318 e. The maximum Gasteiger partial charge on any atom is 0.243 e. The number of nitrogens with zero attached hydrogens (tertiary/aromatic N) is 2. The van der Waals surface area contributed by atoms with Crippen molar-refractivity contribution in [2.24, 2.45) is 24.0 Å². The topological polar surface area (TPSA) is 46.4 Å². The number of aromatic nitrogens is 1. The third-order valence-corrected chi connectivity index (χ3v) is 4.54. The molecular formula is C13H15N3OS. The first-order chi connectivity index (χ1) is 8.66. The molecule has 0 radical (unpaired) electrons. The van der Waals surface area contributed by atoms with E-state index in [0.29, 0.717) is 5.92 Å². The molecule has 18 heavy (non-hydrogen) atoms. The molecule has 0 unspecified atom stereocenters. The Hall–Kier alpha value is -1.62. The second-order valence-corrected chi connectivity index (χ2v) is 5.83. The predicted octanol–water partition coefficient (Wildman–Crippen LogP) is 1.83. The van der Waals surface area contributed by atoms with Crippen molar-refractivity contribution in [3.05, 3.63) is 29.1 Å². The highest BCUT2D eigenvalue weighted by molar-refractivity contribution is 7.16. The van der Waals surface area contributed by atoms with Crippen molar-refractivity contribution >= 4 is 27.5 Å². The highest BCUT2D eigenvalue weighted by atomic mass is 32.1. The van der Waals surface area contributed by atoms with Gasteiger partial charge in [-0.3, -0.25) is 4.79 Å². The van der Waals surface area contributed by atoms with Crippen LogP contribution in [0.5, 0.6) is 0 Å². The van der Waals surface area contributed by atoms with Crippen molar-refractivity contribution in [3.63, 3.8) is 0 Å². The monoisotopic (exact) mass is 261 g/mol. The molecule has 2 atom stereocenters. The quantitative estimate of drug-likeness (QED) is 0.824. The van der Waals surface area contributed by atoms with Crippen LogP contribution in [0.3, 0.4) is 0 Å². The molecule has 3 rings (SSSR count). The Kier molecular flexibility index (Phi) is 2.70. The van der Waals surface area contributed by atoms with Crippen LogP contribution in [0.15, 0.2) is 29.4 Å². The predicted molar refractivity (Wildman–Crippen MR) is 71.8 cm³/mol. The van der Waals surface area contributed by atoms with E-state index in [-0.39, 0.29) is 11.8 Å². The third-order valence-electron chi connectivity index (χ3n) is 3.42. The van der Waals surface area contributed by atoms with Gasteiger partial charge in [-0.25, -0.2) is 5.43 Å². The van der Waals surface area contributed by atoms with Gasteiger partial charge < -0.3 is 4.57 Å². The summed E-state index contributed by atoms with van der Waals surface area (Å²) >= 11 is 1.58. The Morgan fingerprint density at radius 1 is 1.50 bits per heavy atom. The summed E-state index contributed by atoms with van der Waals surface area (Å²) in [5.41, 5.74) is 3.80. The molecule has 4 nitrogen and oxygen atoms in total. The van der Waals surface area contributed by atoms with E-state index in [1.807, 2.05) is 23.7 Å². The molecule has 1 aliphatic carbocycles. The summed E-state index contributed by atoms with van der Waals surface area (Å²) < 4.78 is 3.17. The minimum absolute atomic E-state index is 0.0416. The van der Waals surface area contributed by atoms with Gasteiger partial charge in [0, 0.05) is 13.0 Å². The van der Waals surface area contributed by atoms with E-state index in [4.69, 9.17) is 0 Å². The second-order valence-electron chi connectivity index (χ2n) is 4.82. The molecule has 0 spiro atoms. The molecule has 1 fully saturated rings. The minimum Gasteiger partial charge on any atom is -0.318 e. The van der Waals surface area contributed by atoms with Crippen LogP contribution in [0.1, 0.15) is 13.3 Å². The van der Waals surface area contributed by atoms with Gasteiger partial charge in [-0.2, -0.15) is 0 Å². The maximum absolute atomic E-state index is 11.7. The Labute approximate surface area is 109 Å². The summed E-state index contributed by atoms with van der Waals surface area (Å²) in [6.07, 6.45) is 0.986. The van der Waals surface area contributed by atoms with Gasteiger partial charge in [-0.1, -0.05) is 30.4 Å². The number of benzene rings is 1. The normalized spacial score (nSPS) is 23.3. The number of para-hydroxylation sites is 1. The fourth-order valence-corrected chi connectivity index (χ4v) is 3.04. The van der Waals surface area contributed by atoms with Crippen LogP contribution < -0.4 is 10.2 Å². The Morgan fingerprint density at radius 2 is 2.22 bits per heavy atom. The van der Waals surface area contributed by atoms with Crippen molar-refractivity contribution in [1.29, 1.82) is 0 Å². The van der Waals surface area contributed by atoms with Crippen LogP contribution >= 0.6 is 11.3 Å². The number of hydrogen-bond donors (Lipinski definition) is 1. The lowest BCUT2D eigenvalue weighted by molar-refractivity contribution is -0.122. The Bertz CT molecular complexity index is 670. The molecule has 94 valence electrons. The first kappa shape index (κ1) is 11.5. The van der Waals surface area contributed by atoms with Gasteiger partial charge in [0.25, 0.3) is 0 Å². The highest BCUT2D eigenvalue weighted by Crippen LogP contribution is 2.37. The maximum atomic E-state index is 11.7. The lowest BCUT2D eigenvalue weighted by atomic mass is 10.3. The minimum atomic E-state index is 0.0416. The summed E-state index contributed by atoms with van der Waals surface area (Å²) in [6.45, 7) is 2.09. The number of carbonyl (C=O) groups is 1. The summed E-state index contributed by atoms with van der Waals surface area (Å²) in [5, 5.41) is 4.22. The molecule has 2 aromatic rings. The zero-order valence-electron chi connectivity index (χ0n) is 10.4. The molecule has 0 bridgehead atoms. The lowest BCUT2D eigenvalue weighted by Gasteiger charge is -1.97. The fourth-order valence-electron chi connectivity index (χ4n) is 2.06. The van der Waals surface area contributed by atoms with E-state index >= 15 is 0 Å². The fraction of sp³-hybridized carbons (Fsp3) is 0.385. The standard InChI is InChI=1S/C13H15N3OS/c1-8-7-9(8)12(17)14-15-13-16(2)10-5-3-4-6-11(10)18-13/h3-6,8-9H,7H2,1-2H3,(H,14,17)/b15-13-/t8-,9-/m1/s1. The average molecular weight is 261 g/mol. The molecule has 5 heteroatoms. The highest BCUT2D eigenvalue weighted by Gasteiger charge is 2.39. The molecule has 1 heterocycles. The number of nitrogens with one attached hydrogen (secondary N) is 1. The van der Waals surface area contributed by atoms with E-state index in [1.54, 1.807) is 11.3 Å². The molecule has 1 amide bonds. The van der Waals surface area contributed by atoms with Crippen LogP contribution in [-0.4, -0.2) is 10.5 Å². The first-order valence-corrected chi connectivity index (χ1v) is 6.86. The number of rotatable bonds is 2. The van der Waals surface area contributed by atoms with Crippen molar-refractivity contribution in [1.82, 2.24) is 9.99 Å². The number of fused-ring (bicyclic) bond motifs is 1. The van der Waals surface area contributed by atoms with Crippen LogP contribution in [0.2, 0.25) is 0 Å². The van der Waals surface area contributed by atoms with E-state index in [2.05, 4.69) is 29.6 Å². The van der Waals surface area contributed by atoms with Gasteiger partial charge in [-0.15, -0.1) is 5.10 Å². The second kappa shape index (κ2) is 4.24.